The molecule has 0 saturated heterocycles. The number of aryl methyl sites for hydroxylation is 1. The van der Waals surface area contributed by atoms with E-state index in [1.165, 1.54) is 16.9 Å². The quantitative estimate of drug-likeness (QED) is 0.355. The fraction of sp³-hybridized carbons (Fsp3) is 0.391. The van der Waals surface area contributed by atoms with Crippen LogP contribution in [0.4, 0.5) is 11.5 Å². The molecule has 1 atom stereocenters. The molecule has 4 aromatic rings. The van der Waals surface area contributed by atoms with Gasteiger partial charge in [0.15, 0.2) is 11.5 Å². The first-order chi connectivity index (χ1) is 14.5. The normalized spacial score (nSPS) is 17.2. The first-order valence-corrected chi connectivity index (χ1v) is 11.3. The van der Waals surface area contributed by atoms with Gasteiger partial charge in [-0.1, -0.05) is 45.4 Å². The number of fused-ring (bicyclic) bond motifs is 4. The van der Waals surface area contributed by atoms with Crippen LogP contribution in [-0.4, -0.2) is 20.1 Å². The Morgan fingerprint density at radius 3 is 2.90 bits per heavy atom. The summed E-state index contributed by atoms with van der Waals surface area (Å²) in [6, 6.07) is 7.66. The third-order valence-corrected chi connectivity index (χ3v) is 7.94. The van der Waals surface area contributed by atoms with Crippen molar-refractivity contribution in [3.05, 3.63) is 41.0 Å². The van der Waals surface area contributed by atoms with Gasteiger partial charge in [0.05, 0.1) is 10.9 Å². The van der Waals surface area contributed by atoms with Crippen LogP contribution < -0.4 is 0 Å². The lowest BCUT2D eigenvalue weighted by atomic mass is 9.69. The maximum atomic E-state index is 10.3. The standard InChI is InChI=1S/C23H25N5OS/c1-4-23(2,3)13-9-10-17-15(11-13)18-20(24-12-25-22(18)30-17)28-27-19-14-7-5-6-8-16(14)26-21(19)29/h5-8,12-13,26,29H,4,9-11H2,1-3H3. The molecular weight excluding hydrogens is 394 g/mol. The largest absolute Gasteiger partial charge is 0.493 e. The van der Waals surface area contributed by atoms with Crippen molar-refractivity contribution in [3.63, 3.8) is 0 Å². The van der Waals surface area contributed by atoms with Gasteiger partial charge in [-0.25, -0.2) is 9.97 Å². The fourth-order valence-corrected chi connectivity index (χ4v) is 5.61. The lowest BCUT2D eigenvalue weighted by molar-refractivity contribution is 0.184. The number of thiophene rings is 1. The van der Waals surface area contributed by atoms with Gasteiger partial charge in [-0.05, 0) is 42.2 Å². The van der Waals surface area contributed by atoms with E-state index in [0.29, 0.717) is 22.8 Å². The molecule has 0 amide bonds. The average Bonchev–Trinajstić information content (AvgIpc) is 3.28. The monoisotopic (exact) mass is 419 g/mol. The van der Waals surface area contributed by atoms with Crippen molar-refractivity contribution < 1.29 is 5.11 Å². The Balaban J connectivity index is 1.59. The van der Waals surface area contributed by atoms with E-state index in [1.807, 2.05) is 24.3 Å². The maximum Gasteiger partial charge on any atom is 0.218 e. The Morgan fingerprint density at radius 2 is 2.07 bits per heavy atom. The molecule has 0 saturated carbocycles. The molecule has 3 aromatic heterocycles. The summed E-state index contributed by atoms with van der Waals surface area (Å²) in [6.07, 6.45) is 6.06. The van der Waals surface area contributed by atoms with Crippen LogP contribution in [-0.2, 0) is 12.8 Å². The second-order valence-electron chi connectivity index (χ2n) is 8.73. The van der Waals surface area contributed by atoms with Gasteiger partial charge in [0, 0.05) is 10.3 Å². The lowest BCUT2D eigenvalue weighted by Gasteiger charge is -2.36. The number of aromatic amines is 1. The Hall–Kier alpha value is -2.80. The summed E-state index contributed by atoms with van der Waals surface area (Å²) in [6.45, 7) is 7.01. The van der Waals surface area contributed by atoms with Crippen LogP contribution in [0.2, 0.25) is 0 Å². The Bertz CT molecular complexity index is 1270. The molecule has 1 unspecified atom stereocenters. The van der Waals surface area contributed by atoms with E-state index in [2.05, 4.69) is 46.0 Å². The molecule has 1 aromatic carbocycles. The van der Waals surface area contributed by atoms with Crippen LogP contribution in [0.1, 0.15) is 44.1 Å². The highest BCUT2D eigenvalue weighted by Gasteiger charge is 2.33. The summed E-state index contributed by atoms with van der Waals surface area (Å²) in [5.74, 6) is 1.23. The lowest BCUT2D eigenvalue weighted by Crippen LogP contribution is -2.28. The molecule has 0 radical (unpaired) electrons. The molecule has 154 valence electrons. The maximum absolute atomic E-state index is 10.3. The molecule has 30 heavy (non-hydrogen) atoms. The third kappa shape index (κ3) is 3.08. The molecule has 1 aliphatic carbocycles. The molecular formula is C23H25N5OS. The van der Waals surface area contributed by atoms with Crippen LogP contribution in [0.15, 0.2) is 40.8 Å². The molecule has 7 heteroatoms. The molecule has 0 aliphatic heterocycles. The van der Waals surface area contributed by atoms with Crippen LogP contribution in [0.5, 0.6) is 5.88 Å². The minimum atomic E-state index is 0.0161. The number of hydrogen-bond acceptors (Lipinski definition) is 6. The fourth-order valence-electron chi connectivity index (χ4n) is 4.43. The van der Waals surface area contributed by atoms with Crippen LogP contribution in [0, 0.1) is 11.3 Å². The summed E-state index contributed by atoms with van der Waals surface area (Å²) in [5, 5.41) is 21.0. The number of nitrogens with zero attached hydrogens (tertiary/aromatic N) is 4. The van der Waals surface area contributed by atoms with E-state index in [-0.39, 0.29) is 5.88 Å². The van der Waals surface area contributed by atoms with Crippen molar-refractivity contribution in [1.82, 2.24) is 15.0 Å². The SMILES string of the molecule is CCC(C)(C)C1CCc2sc3ncnc(N=Nc4c(O)[nH]c5ccccc45)c3c2C1. The zero-order valence-corrected chi connectivity index (χ0v) is 18.3. The van der Waals surface area contributed by atoms with Crippen LogP contribution >= 0.6 is 11.3 Å². The topological polar surface area (TPSA) is 86.5 Å². The number of rotatable bonds is 4. The molecule has 0 bridgehead atoms. The highest BCUT2D eigenvalue weighted by atomic mass is 32.1. The van der Waals surface area contributed by atoms with Gasteiger partial charge >= 0.3 is 0 Å². The first kappa shape index (κ1) is 19.2. The van der Waals surface area contributed by atoms with Gasteiger partial charge < -0.3 is 10.1 Å². The van der Waals surface area contributed by atoms with E-state index in [4.69, 9.17) is 0 Å². The van der Waals surface area contributed by atoms with Gasteiger partial charge in [-0.15, -0.1) is 21.6 Å². The number of H-pyrrole nitrogens is 1. The number of azo groups is 1. The van der Waals surface area contributed by atoms with Crippen molar-refractivity contribution in [2.75, 3.05) is 0 Å². The molecule has 0 fully saturated rings. The van der Waals surface area contributed by atoms with E-state index in [1.54, 1.807) is 17.7 Å². The van der Waals surface area contributed by atoms with Gasteiger partial charge in [-0.2, -0.15) is 0 Å². The minimum Gasteiger partial charge on any atom is -0.493 e. The van der Waals surface area contributed by atoms with Crippen molar-refractivity contribution in [1.29, 1.82) is 0 Å². The summed E-state index contributed by atoms with van der Waals surface area (Å²) in [5.41, 5.74) is 2.91. The highest BCUT2D eigenvalue weighted by Crippen LogP contribution is 2.46. The predicted molar refractivity (Wildman–Crippen MR) is 121 cm³/mol. The number of para-hydroxylation sites is 1. The van der Waals surface area contributed by atoms with Crippen molar-refractivity contribution in [3.8, 4) is 5.88 Å². The van der Waals surface area contributed by atoms with E-state index in [9.17, 15) is 5.11 Å². The zero-order chi connectivity index (χ0) is 20.9. The third-order valence-electron chi connectivity index (χ3n) is 6.74. The van der Waals surface area contributed by atoms with Crippen molar-refractivity contribution in [2.45, 2.75) is 46.5 Å². The van der Waals surface area contributed by atoms with Crippen LogP contribution in [0.25, 0.3) is 21.1 Å². The number of hydrogen-bond donors (Lipinski definition) is 2. The van der Waals surface area contributed by atoms with E-state index in [0.717, 1.165) is 40.4 Å². The van der Waals surface area contributed by atoms with Crippen molar-refractivity contribution in [2.24, 2.45) is 21.6 Å². The van der Waals surface area contributed by atoms with Gasteiger partial charge in [0.25, 0.3) is 0 Å². The molecule has 5 rings (SSSR count). The van der Waals surface area contributed by atoms with Gasteiger partial charge in [-0.3, -0.25) is 0 Å². The average molecular weight is 420 g/mol. The smallest absolute Gasteiger partial charge is 0.218 e. The van der Waals surface area contributed by atoms with Gasteiger partial charge in [0.2, 0.25) is 5.88 Å². The number of aromatic hydroxyl groups is 1. The number of benzene rings is 1. The van der Waals surface area contributed by atoms with E-state index >= 15 is 0 Å². The molecule has 2 N–H and O–H groups in total. The molecule has 0 spiro atoms. The van der Waals surface area contributed by atoms with Crippen molar-refractivity contribution >= 4 is 44.0 Å². The summed E-state index contributed by atoms with van der Waals surface area (Å²) < 4.78 is 0. The zero-order valence-electron chi connectivity index (χ0n) is 17.4. The molecule has 6 nitrogen and oxygen atoms in total. The summed E-state index contributed by atoms with van der Waals surface area (Å²) in [4.78, 5) is 14.3. The predicted octanol–water partition coefficient (Wildman–Crippen LogP) is 6.83. The molecule has 1 aliphatic rings. The minimum absolute atomic E-state index is 0.0161. The second-order valence-corrected chi connectivity index (χ2v) is 9.81. The summed E-state index contributed by atoms with van der Waals surface area (Å²) in [7, 11) is 0. The Kier molecular flexibility index (Phi) is 4.58. The van der Waals surface area contributed by atoms with E-state index < -0.39 is 0 Å². The second kappa shape index (κ2) is 7.16. The van der Waals surface area contributed by atoms with Crippen LogP contribution in [0.3, 0.4) is 0 Å². The number of aromatic nitrogens is 3. The summed E-state index contributed by atoms with van der Waals surface area (Å²) >= 11 is 1.75. The highest BCUT2D eigenvalue weighted by molar-refractivity contribution is 7.19. The Morgan fingerprint density at radius 1 is 1.23 bits per heavy atom. The van der Waals surface area contributed by atoms with Gasteiger partial charge in [0.1, 0.15) is 11.2 Å². The first-order valence-electron chi connectivity index (χ1n) is 10.4. The number of nitrogens with one attached hydrogen (secondary N) is 1. The Labute approximate surface area is 179 Å². The molecule has 3 heterocycles.